The van der Waals surface area contributed by atoms with E-state index < -0.39 is 0 Å². The van der Waals surface area contributed by atoms with Crippen LogP contribution in [-0.2, 0) is 0 Å². The molecule has 12 aromatic rings. The van der Waals surface area contributed by atoms with Crippen molar-refractivity contribution in [2.75, 3.05) is 0 Å². The van der Waals surface area contributed by atoms with Gasteiger partial charge in [-0.05, 0) is 90.0 Å². The lowest BCUT2D eigenvalue weighted by Gasteiger charge is -2.11. The third-order valence-electron chi connectivity index (χ3n) is 11.9. The SMILES string of the molecule is c1ccc(-c2nc(-c3ccc(-c4ccc5ccccc5c4)cc3)nc(-c3ccc(-c4ccc5oc6cc(-c7cccc8ccccc78)c7ccccc7c6c5c4)cc3)n2)cc1. The summed E-state index contributed by atoms with van der Waals surface area (Å²) in [5, 5.41) is 9.51. The Hall–Kier alpha value is -8.21. The van der Waals surface area contributed by atoms with Crippen LogP contribution in [0.2, 0.25) is 0 Å². The minimum Gasteiger partial charge on any atom is -0.456 e. The Labute approximate surface area is 352 Å². The Kier molecular flexibility index (Phi) is 8.13. The summed E-state index contributed by atoms with van der Waals surface area (Å²) >= 11 is 0. The molecule has 0 amide bonds. The summed E-state index contributed by atoms with van der Waals surface area (Å²) in [6.07, 6.45) is 0. The fourth-order valence-corrected chi connectivity index (χ4v) is 8.85. The zero-order chi connectivity index (χ0) is 40.3. The van der Waals surface area contributed by atoms with Crippen molar-refractivity contribution >= 4 is 54.3 Å². The number of furan rings is 1. The minimum absolute atomic E-state index is 0.624. The van der Waals surface area contributed by atoms with E-state index in [1.807, 2.05) is 30.3 Å². The summed E-state index contributed by atoms with van der Waals surface area (Å²) in [5.41, 5.74) is 11.4. The molecule has 0 saturated heterocycles. The second kappa shape index (κ2) is 14.3. The molecule has 2 aromatic heterocycles. The van der Waals surface area contributed by atoms with E-state index in [4.69, 9.17) is 19.4 Å². The predicted octanol–water partition coefficient (Wildman–Crippen LogP) is 15.2. The highest BCUT2D eigenvalue weighted by Gasteiger charge is 2.18. The van der Waals surface area contributed by atoms with Gasteiger partial charge in [0.2, 0.25) is 0 Å². The van der Waals surface area contributed by atoms with E-state index in [1.54, 1.807) is 0 Å². The van der Waals surface area contributed by atoms with Gasteiger partial charge < -0.3 is 4.42 Å². The van der Waals surface area contributed by atoms with E-state index in [0.717, 1.165) is 55.3 Å². The molecule has 0 saturated carbocycles. The lowest BCUT2D eigenvalue weighted by atomic mass is 9.91. The van der Waals surface area contributed by atoms with Crippen molar-refractivity contribution in [2.24, 2.45) is 0 Å². The number of rotatable bonds is 6. The quantitative estimate of drug-likeness (QED) is 0.169. The molecule has 0 bridgehead atoms. The van der Waals surface area contributed by atoms with E-state index in [1.165, 1.54) is 49.0 Å². The molecule has 0 atom stereocenters. The topological polar surface area (TPSA) is 51.8 Å². The van der Waals surface area contributed by atoms with Crippen molar-refractivity contribution in [1.29, 1.82) is 0 Å². The van der Waals surface area contributed by atoms with Crippen molar-refractivity contribution in [3.8, 4) is 67.5 Å². The van der Waals surface area contributed by atoms with Gasteiger partial charge in [-0.25, -0.2) is 15.0 Å². The van der Waals surface area contributed by atoms with Crippen molar-refractivity contribution in [2.45, 2.75) is 0 Å². The molecule has 0 spiro atoms. The maximum atomic E-state index is 6.62. The van der Waals surface area contributed by atoms with Crippen LogP contribution in [0.15, 0.2) is 217 Å². The number of nitrogens with zero attached hydrogens (tertiary/aromatic N) is 3. The summed E-state index contributed by atoms with van der Waals surface area (Å²) in [4.78, 5) is 15.0. The second-order valence-corrected chi connectivity index (χ2v) is 15.6. The van der Waals surface area contributed by atoms with E-state index in [2.05, 4.69) is 182 Å². The lowest BCUT2D eigenvalue weighted by molar-refractivity contribution is 0.669. The molecule has 12 rings (SSSR count). The fraction of sp³-hybridized carbons (Fsp3) is 0. The Bertz CT molecular complexity index is 3620. The van der Waals surface area contributed by atoms with Gasteiger partial charge in [-0.2, -0.15) is 0 Å². The minimum atomic E-state index is 0.624. The molecule has 4 nitrogen and oxygen atoms in total. The number of fused-ring (bicyclic) bond motifs is 7. The van der Waals surface area contributed by atoms with Gasteiger partial charge in [0.05, 0.1) is 0 Å². The van der Waals surface area contributed by atoms with Gasteiger partial charge in [-0.15, -0.1) is 0 Å². The van der Waals surface area contributed by atoms with Crippen LogP contribution >= 0.6 is 0 Å². The van der Waals surface area contributed by atoms with E-state index in [9.17, 15) is 0 Å². The number of hydrogen-bond acceptors (Lipinski definition) is 4. The van der Waals surface area contributed by atoms with Gasteiger partial charge in [0.15, 0.2) is 17.5 Å². The first-order valence-corrected chi connectivity index (χ1v) is 20.6. The van der Waals surface area contributed by atoms with Crippen molar-refractivity contribution in [3.63, 3.8) is 0 Å². The number of benzene rings is 10. The van der Waals surface area contributed by atoms with E-state index in [0.29, 0.717) is 17.5 Å². The predicted molar refractivity (Wildman–Crippen MR) is 252 cm³/mol. The monoisotopic (exact) mass is 777 g/mol. The van der Waals surface area contributed by atoms with Crippen molar-refractivity contribution < 1.29 is 4.42 Å². The van der Waals surface area contributed by atoms with Crippen molar-refractivity contribution in [3.05, 3.63) is 212 Å². The molecule has 0 aliphatic heterocycles. The number of hydrogen-bond donors (Lipinski definition) is 0. The molecule has 0 unspecified atom stereocenters. The van der Waals surface area contributed by atoms with Crippen LogP contribution in [0.4, 0.5) is 0 Å². The van der Waals surface area contributed by atoms with Crippen LogP contribution in [-0.4, -0.2) is 15.0 Å². The van der Waals surface area contributed by atoms with Gasteiger partial charge in [0.1, 0.15) is 11.2 Å². The lowest BCUT2D eigenvalue weighted by Crippen LogP contribution is -2.00. The second-order valence-electron chi connectivity index (χ2n) is 15.6. The average Bonchev–Trinajstić information content (AvgIpc) is 3.72. The smallest absolute Gasteiger partial charge is 0.164 e. The van der Waals surface area contributed by atoms with Crippen LogP contribution in [0, 0.1) is 0 Å². The molecule has 0 radical (unpaired) electrons. The first-order valence-electron chi connectivity index (χ1n) is 20.6. The molecule has 0 fully saturated rings. The van der Waals surface area contributed by atoms with Gasteiger partial charge in [-0.3, -0.25) is 0 Å². The fourth-order valence-electron chi connectivity index (χ4n) is 8.85. The zero-order valence-electron chi connectivity index (χ0n) is 33.0. The highest BCUT2D eigenvalue weighted by molar-refractivity contribution is 6.23. The highest BCUT2D eigenvalue weighted by Crippen LogP contribution is 2.43. The number of aromatic nitrogens is 3. The molecule has 0 N–H and O–H groups in total. The summed E-state index contributed by atoms with van der Waals surface area (Å²) in [6, 6.07) is 74.7. The van der Waals surface area contributed by atoms with Crippen molar-refractivity contribution in [1.82, 2.24) is 15.0 Å². The third-order valence-corrected chi connectivity index (χ3v) is 11.9. The van der Waals surface area contributed by atoms with E-state index in [-0.39, 0.29) is 0 Å². The van der Waals surface area contributed by atoms with Crippen LogP contribution in [0.1, 0.15) is 0 Å². The Morgan fingerprint density at radius 3 is 1.48 bits per heavy atom. The highest BCUT2D eigenvalue weighted by atomic mass is 16.3. The molecular formula is C57H35N3O. The standard InChI is InChI=1S/C57H35N3O/c1-2-13-40(14-3-1)55-58-56(41-26-21-37(22-27-41)44-30-25-36-11-4-5-15-43(36)33-44)60-57(59-55)42-28-23-38(24-29-42)45-31-32-52-51(34-45)54-49-19-9-8-18-48(49)50(35-53(54)61-52)47-20-10-16-39-12-6-7-17-46(39)47/h1-35H. The molecule has 2 heterocycles. The van der Waals surface area contributed by atoms with Gasteiger partial charge in [0, 0.05) is 27.5 Å². The first kappa shape index (κ1) is 34.8. The van der Waals surface area contributed by atoms with Crippen LogP contribution in [0.5, 0.6) is 0 Å². The van der Waals surface area contributed by atoms with Gasteiger partial charge in [0.25, 0.3) is 0 Å². The maximum absolute atomic E-state index is 6.62. The average molecular weight is 778 g/mol. The maximum Gasteiger partial charge on any atom is 0.164 e. The van der Waals surface area contributed by atoms with Gasteiger partial charge in [-0.1, -0.05) is 188 Å². The molecule has 0 aliphatic carbocycles. The molecular weight excluding hydrogens is 743 g/mol. The zero-order valence-corrected chi connectivity index (χ0v) is 33.0. The normalized spacial score (nSPS) is 11.6. The summed E-state index contributed by atoms with van der Waals surface area (Å²) < 4.78 is 6.62. The summed E-state index contributed by atoms with van der Waals surface area (Å²) in [7, 11) is 0. The molecule has 61 heavy (non-hydrogen) atoms. The van der Waals surface area contributed by atoms with Crippen LogP contribution < -0.4 is 0 Å². The Morgan fingerprint density at radius 2 is 0.770 bits per heavy atom. The molecule has 4 heteroatoms. The largest absolute Gasteiger partial charge is 0.456 e. The Morgan fingerprint density at radius 1 is 0.262 bits per heavy atom. The van der Waals surface area contributed by atoms with Gasteiger partial charge >= 0.3 is 0 Å². The summed E-state index contributed by atoms with van der Waals surface area (Å²) in [6.45, 7) is 0. The van der Waals surface area contributed by atoms with E-state index >= 15 is 0 Å². The Balaban J connectivity index is 0.912. The molecule has 284 valence electrons. The third kappa shape index (κ3) is 6.12. The van der Waals surface area contributed by atoms with Crippen LogP contribution in [0.3, 0.4) is 0 Å². The summed E-state index contributed by atoms with van der Waals surface area (Å²) in [5.74, 6) is 1.89. The first-order chi connectivity index (χ1) is 30.2. The molecule has 10 aromatic carbocycles. The molecule has 0 aliphatic rings. The van der Waals surface area contributed by atoms with Crippen LogP contribution in [0.25, 0.3) is 122 Å².